The van der Waals surface area contributed by atoms with Gasteiger partial charge in [0.05, 0.1) is 6.04 Å². The number of aliphatic hydroxyl groups is 1. The van der Waals surface area contributed by atoms with Crippen LogP contribution in [0.3, 0.4) is 0 Å². The van der Waals surface area contributed by atoms with E-state index >= 15 is 0 Å². The molecule has 0 amide bonds. The first-order valence-corrected chi connectivity index (χ1v) is 10.0. The van der Waals surface area contributed by atoms with Crippen molar-refractivity contribution in [2.24, 2.45) is 0 Å². The van der Waals surface area contributed by atoms with Crippen molar-refractivity contribution in [3.63, 3.8) is 0 Å². The minimum Gasteiger partial charge on any atom is -0.405 e. The summed E-state index contributed by atoms with van der Waals surface area (Å²) in [5.74, 6) is -0.335. The Morgan fingerprint density at radius 2 is 1.45 bits per heavy atom. The third kappa shape index (κ3) is 4.40. The highest BCUT2D eigenvalue weighted by atomic mass is 19.4. The van der Waals surface area contributed by atoms with E-state index in [1.807, 2.05) is 4.90 Å². The van der Waals surface area contributed by atoms with Crippen LogP contribution in [0.25, 0.3) is 0 Å². The van der Waals surface area contributed by atoms with Crippen LogP contribution >= 0.6 is 0 Å². The summed E-state index contributed by atoms with van der Waals surface area (Å²) in [4.78, 5) is 10.3. The zero-order chi connectivity index (χ0) is 21.9. The summed E-state index contributed by atoms with van der Waals surface area (Å²) in [6.45, 7) is 1.27. The summed E-state index contributed by atoms with van der Waals surface area (Å²) in [5, 5.41) is 12.3. The van der Waals surface area contributed by atoms with Gasteiger partial charge in [0.15, 0.2) is 0 Å². The number of hydrogen-bond donors (Lipinski definition) is 1. The van der Waals surface area contributed by atoms with Gasteiger partial charge in [0.2, 0.25) is 0 Å². The van der Waals surface area contributed by atoms with Gasteiger partial charge in [0, 0.05) is 41.5 Å². The lowest BCUT2D eigenvalue weighted by molar-refractivity contribution is -0.275. The molecule has 0 saturated carbocycles. The number of para-hydroxylation sites is 1. The van der Waals surface area contributed by atoms with Gasteiger partial charge >= 0.3 is 6.36 Å². The molecule has 3 heterocycles. The van der Waals surface area contributed by atoms with E-state index < -0.39 is 18.0 Å². The number of aromatic nitrogens is 2. The number of ether oxygens (including phenoxy) is 1. The molecule has 31 heavy (non-hydrogen) atoms. The van der Waals surface area contributed by atoms with Crippen molar-refractivity contribution in [3.8, 4) is 5.75 Å². The first kappa shape index (κ1) is 21.3. The van der Waals surface area contributed by atoms with Crippen LogP contribution in [0.1, 0.15) is 35.6 Å². The second-order valence-electron chi connectivity index (χ2n) is 7.48. The molecule has 162 valence electrons. The molecular weight excluding hydrogens is 407 g/mol. The van der Waals surface area contributed by atoms with Crippen molar-refractivity contribution in [1.82, 2.24) is 14.9 Å². The third-order valence-electron chi connectivity index (χ3n) is 5.54. The van der Waals surface area contributed by atoms with E-state index in [0.29, 0.717) is 24.2 Å². The van der Waals surface area contributed by atoms with E-state index in [2.05, 4.69) is 14.7 Å². The van der Waals surface area contributed by atoms with Gasteiger partial charge in [-0.25, -0.2) is 0 Å². The number of benzene rings is 1. The topological polar surface area (TPSA) is 58.5 Å². The highest BCUT2D eigenvalue weighted by molar-refractivity contribution is 5.45. The Hall–Kier alpha value is -2.97. The highest BCUT2D eigenvalue weighted by Gasteiger charge is 2.47. The van der Waals surface area contributed by atoms with Crippen molar-refractivity contribution < 1.29 is 23.0 Å². The van der Waals surface area contributed by atoms with Crippen LogP contribution in [0.4, 0.5) is 13.2 Å². The molecule has 1 aliphatic rings. The molecule has 1 fully saturated rings. The molecule has 1 atom stereocenters. The fourth-order valence-corrected chi connectivity index (χ4v) is 4.27. The molecule has 0 radical (unpaired) electrons. The second kappa shape index (κ2) is 8.64. The van der Waals surface area contributed by atoms with E-state index in [1.165, 1.54) is 24.5 Å². The summed E-state index contributed by atoms with van der Waals surface area (Å²) in [5.41, 5.74) is -0.543. The summed E-state index contributed by atoms with van der Waals surface area (Å²) in [7, 11) is 0. The molecule has 1 aliphatic heterocycles. The van der Waals surface area contributed by atoms with E-state index in [1.54, 1.807) is 48.8 Å². The Morgan fingerprint density at radius 3 is 1.97 bits per heavy atom. The maximum absolute atomic E-state index is 13.2. The van der Waals surface area contributed by atoms with E-state index in [-0.39, 0.29) is 11.3 Å². The van der Waals surface area contributed by atoms with Crippen LogP contribution in [-0.2, 0) is 5.60 Å². The Labute approximate surface area is 178 Å². The molecule has 1 saturated heterocycles. The SMILES string of the molecule is OC(c1cccnc1)(c1cccnc1)C(c1ccccc1OC(F)(F)F)N1CCCC1. The van der Waals surface area contributed by atoms with Gasteiger partial charge < -0.3 is 9.84 Å². The maximum Gasteiger partial charge on any atom is 0.573 e. The first-order chi connectivity index (χ1) is 14.9. The number of alkyl halides is 3. The molecule has 4 rings (SSSR count). The molecule has 5 nitrogen and oxygen atoms in total. The Balaban J connectivity index is 1.95. The summed E-state index contributed by atoms with van der Waals surface area (Å²) in [6.07, 6.45) is 3.14. The zero-order valence-electron chi connectivity index (χ0n) is 16.7. The van der Waals surface area contributed by atoms with Crippen molar-refractivity contribution in [1.29, 1.82) is 0 Å². The van der Waals surface area contributed by atoms with Crippen LogP contribution < -0.4 is 4.74 Å². The second-order valence-corrected chi connectivity index (χ2v) is 7.48. The van der Waals surface area contributed by atoms with Gasteiger partial charge in [-0.05, 0) is 44.1 Å². The first-order valence-electron chi connectivity index (χ1n) is 10.0. The molecule has 3 aromatic rings. The fourth-order valence-electron chi connectivity index (χ4n) is 4.27. The number of rotatable bonds is 6. The molecule has 1 unspecified atom stereocenters. The Kier molecular flexibility index (Phi) is 5.93. The van der Waals surface area contributed by atoms with Crippen LogP contribution in [0.15, 0.2) is 73.3 Å². The van der Waals surface area contributed by atoms with Crippen molar-refractivity contribution in [2.45, 2.75) is 30.8 Å². The molecule has 0 spiro atoms. The average molecular weight is 429 g/mol. The van der Waals surface area contributed by atoms with Crippen molar-refractivity contribution >= 4 is 0 Å². The van der Waals surface area contributed by atoms with Gasteiger partial charge in [0.1, 0.15) is 11.4 Å². The van der Waals surface area contributed by atoms with Gasteiger partial charge in [-0.15, -0.1) is 13.2 Å². The average Bonchev–Trinajstić information content (AvgIpc) is 3.29. The van der Waals surface area contributed by atoms with E-state index in [0.717, 1.165) is 12.8 Å². The van der Waals surface area contributed by atoms with Crippen LogP contribution in [0, 0.1) is 0 Å². The number of nitrogens with zero attached hydrogens (tertiary/aromatic N) is 3. The van der Waals surface area contributed by atoms with Gasteiger partial charge in [-0.3, -0.25) is 14.9 Å². The highest BCUT2D eigenvalue weighted by Crippen LogP contribution is 2.48. The predicted molar refractivity (Wildman–Crippen MR) is 108 cm³/mol. The largest absolute Gasteiger partial charge is 0.573 e. The lowest BCUT2D eigenvalue weighted by Crippen LogP contribution is -2.44. The normalized spacial score (nSPS) is 16.3. The number of hydrogen-bond acceptors (Lipinski definition) is 5. The number of pyridine rings is 2. The van der Waals surface area contributed by atoms with Crippen molar-refractivity contribution in [3.05, 3.63) is 90.0 Å². The van der Waals surface area contributed by atoms with Gasteiger partial charge in [-0.2, -0.15) is 0 Å². The van der Waals surface area contributed by atoms with Gasteiger partial charge in [0.25, 0.3) is 0 Å². The smallest absolute Gasteiger partial charge is 0.405 e. The lowest BCUT2D eigenvalue weighted by Gasteiger charge is -2.42. The van der Waals surface area contributed by atoms with Gasteiger partial charge in [-0.1, -0.05) is 30.3 Å². The minimum absolute atomic E-state index is 0.247. The molecular formula is C23H22F3N3O2. The zero-order valence-corrected chi connectivity index (χ0v) is 16.7. The van der Waals surface area contributed by atoms with Crippen LogP contribution in [-0.4, -0.2) is 39.4 Å². The molecule has 0 aliphatic carbocycles. The molecule has 8 heteroatoms. The monoisotopic (exact) mass is 429 g/mol. The molecule has 1 aromatic carbocycles. The lowest BCUT2D eigenvalue weighted by atomic mass is 9.77. The Morgan fingerprint density at radius 1 is 0.871 bits per heavy atom. The van der Waals surface area contributed by atoms with E-state index in [9.17, 15) is 18.3 Å². The fraction of sp³-hybridized carbons (Fsp3) is 0.304. The van der Waals surface area contributed by atoms with E-state index in [4.69, 9.17) is 0 Å². The third-order valence-corrected chi connectivity index (χ3v) is 5.54. The predicted octanol–water partition coefficient (Wildman–Crippen LogP) is 4.45. The number of likely N-dealkylation sites (tertiary alicyclic amines) is 1. The standard InChI is InChI=1S/C23H22F3N3O2/c24-23(25,26)31-20-10-2-1-9-19(20)21(29-13-3-4-14-29)22(30,17-7-5-11-27-15-17)18-8-6-12-28-16-18/h1-2,5-12,15-16,21,30H,3-4,13-14H2. The maximum atomic E-state index is 13.2. The molecule has 2 aromatic heterocycles. The summed E-state index contributed by atoms with van der Waals surface area (Å²) in [6, 6.07) is 12.0. The summed E-state index contributed by atoms with van der Waals surface area (Å²) < 4.78 is 43.9. The Bertz CT molecular complexity index is 954. The van der Waals surface area contributed by atoms with Crippen LogP contribution in [0.2, 0.25) is 0 Å². The van der Waals surface area contributed by atoms with Crippen molar-refractivity contribution in [2.75, 3.05) is 13.1 Å². The van der Waals surface area contributed by atoms with Crippen LogP contribution in [0.5, 0.6) is 5.75 Å². The number of halogens is 3. The minimum atomic E-state index is -4.85. The quantitative estimate of drug-likeness (QED) is 0.628. The molecule has 1 N–H and O–H groups in total. The summed E-state index contributed by atoms with van der Waals surface area (Å²) >= 11 is 0. The molecule has 0 bridgehead atoms.